The minimum atomic E-state index is -1.10. The number of benzene rings is 1. The van der Waals surface area contributed by atoms with Gasteiger partial charge in [-0.1, -0.05) is 11.6 Å². The number of halogens is 2. The molecule has 3 rings (SSSR count). The third-order valence-corrected chi connectivity index (χ3v) is 3.81. The second kappa shape index (κ2) is 5.13. The molecule has 1 aromatic heterocycles. The lowest BCUT2D eigenvalue weighted by atomic mass is 10.2. The van der Waals surface area contributed by atoms with Crippen molar-refractivity contribution in [3.8, 4) is 11.4 Å². The summed E-state index contributed by atoms with van der Waals surface area (Å²) in [5.74, 6) is -1.27. The van der Waals surface area contributed by atoms with Gasteiger partial charge in [0, 0.05) is 24.7 Å². The van der Waals surface area contributed by atoms with Crippen LogP contribution in [0.25, 0.3) is 11.4 Å². The molecule has 0 saturated heterocycles. The highest BCUT2D eigenvalue weighted by Crippen LogP contribution is 2.29. The quantitative estimate of drug-likeness (QED) is 0.926. The molecule has 0 bridgehead atoms. The summed E-state index contributed by atoms with van der Waals surface area (Å²) in [5.41, 5.74) is 0.837. The van der Waals surface area contributed by atoms with E-state index in [1.807, 2.05) is 11.9 Å². The van der Waals surface area contributed by atoms with Gasteiger partial charge in [0.15, 0.2) is 5.69 Å². The molecule has 0 fully saturated rings. The normalized spacial score (nSPS) is 15.0. The van der Waals surface area contributed by atoms with Crippen LogP contribution in [-0.4, -0.2) is 39.1 Å². The van der Waals surface area contributed by atoms with Crippen molar-refractivity contribution in [3.63, 3.8) is 0 Å². The fourth-order valence-corrected chi connectivity index (χ4v) is 2.70. The van der Waals surface area contributed by atoms with Gasteiger partial charge in [-0.3, -0.25) is 4.90 Å². The monoisotopic (exact) mass is 309 g/mol. The molecule has 1 aromatic carbocycles. The molecule has 7 heteroatoms. The Morgan fingerprint density at radius 2 is 2.19 bits per heavy atom. The van der Waals surface area contributed by atoms with Gasteiger partial charge < -0.3 is 9.67 Å². The SMILES string of the molecule is CN1CCn2c(-c3ccc(Cl)cc3F)nc(C(=O)O)c2C1. The van der Waals surface area contributed by atoms with Crippen molar-refractivity contribution in [1.29, 1.82) is 0 Å². The molecule has 0 radical (unpaired) electrons. The number of aromatic nitrogens is 2. The summed E-state index contributed by atoms with van der Waals surface area (Å²) in [4.78, 5) is 17.5. The Bertz CT molecular complexity index is 729. The number of carbonyl (C=O) groups is 1. The Labute approximate surface area is 125 Å². The fourth-order valence-electron chi connectivity index (χ4n) is 2.54. The number of carboxylic acids is 1. The van der Waals surface area contributed by atoms with Crippen LogP contribution in [0.5, 0.6) is 0 Å². The van der Waals surface area contributed by atoms with Crippen molar-refractivity contribution < 1.29 is 14.3 Å². The lowest BCUT2D eigenvalue weighted by molar-refractivity contribution is 0.0687. The summed E-state index contributed by atoms with van der Waals surface area (Å²) in [5, 5.41) is 9.58. The van der Waals surface area contributed by atoms with Gasteiger partial charge in [0.05, 0.1) is 11.3 Å². The molecule has 110 valence electrons. The predicted molar refractivity (Wildman–Crippen MR) is 75.9 cm³/mol. The zero-order valence-electron chi connectivity index (χ0n) is 11.3. The molecule has 21 heavy (non-hydrogen) atoms. The molecule has 1 aliphatic rings. The van der Waals surface area contributed by atoms with Crippen LogP contribution in [0.4, 0.5) is 4.39 Å². The maximum atomic E-state index is 14.1. The van der Waals surface area contributed by atoms with Crippen molar-refractivity contribution in [1.82, 2.24) is 14.5 Å². The first-order valence-electron chi connectivity index (χ1n) is 6.44. The van der Waals surface area contributed by atoms with Crippen molar-refractivity contribution in [2.24, 2.45) is 0 Å². The summed E-state index contributed by atoms with van der Waals surface area (Å²) in [6.07, 6.45) is 0. The van der Waals surface area contributed by atoms with E-state index < -0.39 is 11.8 Å². The summed E-state index contributed by atoms with van der Waals surface area (Å²) >= 11 is 5.75. The van der Waals surface area contributed by atoms with E-state index in [-0.39, 0.29) is 11.3 Å². The third-order valence-electron chi connectivity index (χ3n) is 3.57. The predicted octanol–water partition coefficient (Wildman–Crippen LogP) is 2.49. The maximum Gasteiger partial charge on any atom is 0.356 e. The summed E-state index contributed by atoms with van der Waals surface area (Å²) in [6, 6.07) is 4.29. The van der Waals surface area contributed by atoms with E-state index in [1.165, 1.54) is 12.1 Å². The van der Waals surface area contributed by atoms with Crippen LogP contribution in [0.1, 0.15) is 16.2 Å². The van der Waals surface area contributed by atoms with Gasteiger partial charge in [-0.15, -0.1) is 0 Å². The molecule has 2 heterocycles. The Morgan fingerprint density at radius 3 is 2.86 bits per heavy atom. The maximum absolute atomic E-state index is 14.1. The smallest absolute Gasteiger partial charge is 0.356 e. The molecule has 2 aromatic rings. The lowest BCUT2D eigenvalue weighted by Gasteiger charge is -2.25. The van der Waals surface area contributed by atoms with Crippen molar-refractivity contribution >= 4 is 17.6 Å². The number of likely N-dealkylation sites (N-methyl/N-ethyl adjacent to an activating group) is 1. The third kappa shape index (κ3) is 2.41. The Balaban J connectivity index is 2.19. The van der Waals surface area contributed by atoms with E-state index in [2.05, 4.69) is 4.98 Å². The zero-order valence-corrected chi connectivity index (χ0v) is 12.1. The van der Waals surface area contributed by atoms with E-state index in [1.54, 1.807) is 10.6 Å². The molecule has 1 aliphatic heterocycles. The molecule has 5 nitrogen and oxygen atoms in total. The van der Waals surface area contributed by atoms with Gasteiger partial charge in [-0.25, -0.2) is 14.2 Å². The van der Waals surface area contributed by atoms with Crippen molar-refractivity contribution in [3.05, 3.63) is 40.4 Å². The number of nitrogens with zero attached hydrogens (tertiary/aromatic N) is 3. The van der Waals surface area contributed by atoms with Gasteiger partial charge in [0.2, 0.25) is 0 Å². The first-order chi connectivity index (χ1) is 9.97. The van der Waals surface area contributed by atoms with Crippen LogP contribution in [0.2, 0.25) is 5.02 Å². The van der Waals surface area contributed by atoms with E-state index in [4.69, 9.17) is 11.6 Å². The molecule has 0 aliphatic carbocycles. The van der Waals surface area contributed by atoms with Gasteiger partial charge >= 0.3 is 5.97 Å². The zero-order chi connectivity index (χ0) is 15.1. The van der Waals surface area contributed by atoms with E-state index in [0.29, 0.717) is 29.6 Å². The van der Waals surface area contributed by atoms with Crippen molar-refractivity contribution in [2.75, 3.05) is 13.6 Å². The van der Waals surface area contributed by atoms with Crippen molar-refractivity contribution in [2.45, 2.75) is 13.1 Å². The molecule has 1 N–H and O–H groups in total. The highest BCUT2D eigenvalue weighted by atomic mass is 35.5. The topological polar surface area (TPSA) is 58.4 Å². The first kappa shape index (κ1) is 14.0. The molecule has 0 amide bonds. The molecular formula is C14H13ClFN3O2. The van der Waals surface area contributed by atoms with Gasteiger partial charge in [-0.2, -0.15) is 0 Å². The summed E-state index contributed by atoms with van der Waals surface area (Å²) in [7, 11) is 1.91. The summed E-state index contributed by atoms with van der Waals surface area (Å²) < 4.78 is 15.9. The summed E-state index contributed by atoms with van der Waals surface area (Å²) in [6.45, 7) is 1.80. The highest BCUT2D eigenvalue weighted by molar-refractivity contribution is 6.30. The number of fused-ring (bicyclic) bond motifs is 1. The molecule has 0 spiro atoms. The molecule has 0 saturated carbocycles. The van der Waals surface area contributed by atoms with Crippen LogP contribution in [0.15, 0.2) is 18.2 Å². The number of aromatic carboxylic acids is 1. The van der Waals surface area contributed by atoms with Crippen LogP contribution in [0, 0.1) is 5.82 Å². The molecule has 0 atom stereocenters. The average Bonchev–Trinajstić information content (AvgIpc) is 2.77. The molecular weight excluding hydrogens is 297 g/mol. The highest BCUT2D eigenvalue weighted by Gasteiger charge is 2.27. The second-order valence-corrected chi connectivity index (χ2v) is 5.49. The average molecular weight is 310 g/mol. The fraction of sp³-hybridized carbons (Fsp3) is 0.286. The number of hydrogen-bond donors (Lipinski definition) is 1. The van der Waals surface area contributed by atoms with Gasteiger partial charge in [0.1, 0.15) is 11.6 Å². The van der Waals surface area contributed by atoms with Crippen LogP contribution >= 0.6 is 11.6 Å². The number of hydrogen-bond acceptors (Lipinski definition) is 3. The number of imidazole rings is 1. The Hall–Kier alpha value is -1.92. The molecule has 0 unspecified atom stereocenters. The van der Waals surface area contributed by atoms with Gasteiger partial charge in [0.25, 0.3) is 0 Å². The number of carboxylic acid groups (broad SMARTS) is 1. The lowest BCUT2D eigenvalue weighted by Crippen LogP contribution is -2.31. The second-order valence-electron chi connectivity index (χ2n) is 5.05. The Kier molecular flexibility index (Phi) is 3.43. The van der Waals surface area contributed by atoms with E-state index >= 15 is 0 Å². The van der Waals surface area contributed by atoms with E-state index in [0.717, 1.165) is 6.54 Å². The standard InChI is InChI=1S/C14H13ClFN3O2/c1-18-4-5-19-11(7-18)12(14(20)21)17-13(19)9-3-2-8(15)6-10(9)16/h2-3,6H,4-5,7H2,1H3,(H,20,21). The van der Waals surface area contributed by atoms with Crippen LogP contribution in [0.3, 0.4) is 0 Å². The first-order valence-corrected chi connectivity index (χ1v) is 6.82. The van der Waals surface area contributed by atoms with Gasteiger partial charge in [-0.05, 0) is 25.2 Å². The van der Waals surface area contributed by atoms with E-state index in [9.17, 15) is 14.3 Å². The van der Waals surface area contributed by atoms with Crippen LogP contribution in [-0.2, 0) is 13.1 Å². The number of rotatable bonds is 2. The minimum Gasteiger partial charge on any atom is -0.476 e. The minimum absolute atomic E-state index is 0.0223. The van der Waals surface area contributed by atoms with Crippen LogP contribution < -0.4 is 0 Å². The largest absolute Gasteiger partial charge is 0.476 e. The Morgan fingerprint density at radius 1 is 1.43 bits per heavy atom.